The molecule has 0 fully saturated rings. The zero-order chi connectivity index (χ0) is 17.9. The van der Waals surface area contributed by atoms with E-state index in [2.05, 4.69) is 9.97 Å². The molecule has 4 nitrogen and oxygen atoms in total. The average Bonchev–Trinajstić information content (AvgIpc) is 3.19. The summed E-state index contributed by atoms with van der Waals surface area (Å²) in [7, 11) is 0. The van der Waals surface area contributed by atoms with Gasteiger partial charge in [0, 0.05) is 6.08 Å². The van der Waals surface area contributed by atoms with Crippen LogP contribution in [0.15, 0.2) is 53.3 Å². The van der Waals surface area contributed by atoms with Crippen LogP contribution in [0.3, 0.4) is 0 Å². The summed E-state index contributed by atoms with van der Waals surface area (Å²) in [5.74, 6) is 0.828. The normalized spacial score (nSPS) is 12.8. The highest BCUT2D eigenvalue weighted by Crippen LogP contribution is 2.21. The van der Waals surface area contributed by atoms with Crippen LogP contribution in [-0.2, 0) is 0 Å². The molecule has 0 unspecified atom stereocenters. The molecule has 0 bridgehead atoms. The molecule has 0 amide bonds. The lowest BCUT2D eigenvalue weighted by Crippen LogP contribution is -2.19. The van der Waals surface area contributed by atoms with E-state index in [1.807, 2.05) is 67.6 Å². The van der Waals surface area contributed by atoms with Gasteiger partial charge in [0.1, 0.15) is 10.8 Å². The monoisotopic (exact) mass is 380 g/mol. The predicted molar refractivity (Wildman–Crippen MR) is 109 cm³/mol. The molecule has 0 atom stereocenters. The zero-order valence-corrected chi connectivity index (χ0v) is 15.7. The van der Waals surface area contributed by atoms with Crippen LogP contribution in [0.5, 0.6) is 5.75 Å². The van der Waals surface area contributed by atoms with Crippen LogP contribution in [0.1, 0.15) is 17.5 Å². The van der Waals surface area contributed by atoms with E-state index in [-0.39, 0.29) is 5.56 Å². The molecular weight excluding hydrogens is 364 g/mol. The number of aromatic nitrogens is 2. The van der Waals surface area contributed by atoms with Crippen LogP contribution in [0.25, 0.3) is 22.4 Å². The van der Waals surface area contributed by atoms with Gasteiger partial charge >= 0.3 is 0 Å². The number of aromatic amines is 1. The standard InChI is InChI=1S/C20H16N2O2S2/c1-2-24-14-9-7-13(8-10-14)11-17-20(23)22-19(26-17)12-18-21-15-5-3-4-6-16(15)25-18/h3-12H,2H2,1H3,(H,22,23)/b17-11-,19-12+. The summed E-state index contributed by atoms with van der Waals surface area (Å²) >= 11 is 3.04. The molecule has 0 aliphatic rings. The Morgan fingerprint density at radius 3 is 2.65 bits per heavy atom. The molecule has 0 saturated carbocycles. The fourth-order valence-electron chi connectivity index (χ4n) is 2.57. The van der Waals surface area contributed by atoms with Gasteiger partial charge in [0.15, 0.2) is 0 Å². The highest BCUT2D eigenvalue weighted by molar-refractivity contribution is 7.19. The van der Waals surface area contributed by atoms with Crippen LogP contribution in [0, 0.1) is 0 Å². The minimum absolute atomic E-state index is 0.0868. The van der Waals surface area contributed by atoms with Gasteiger partial charge in [-0.05, 0) is 42.8 Å². The third-order valence-electron chi connectivity index (χ3n) is 3.73. The van der Waals surface area contributed by atoms with Crippen LogP contribution >= 0.6 is 22.7 Å². The summed E-state index contributed by atoms with van der Waals surface area (Å²) in [6.45, 7) is 2.59. The van der Waals surface area contributed by atoms with E-state index in [9.17, 15) is 4.79 Å². The second-order valence-electron chi connectivity index (χ2n) is 5.60. The summed E-state index contributed by atoms with van der Waals surface area (Å²) in [5, 5.41) is 0.885. The molecule has 0 aliphatic heterocycles. The Labute approximate surface area is 157 Å². The van der Waals surface area contributed by atoms with E-state index in [1.165, 1.54) is 11.3 Å². The Balaban J connectivity index is 1.69. The number of hydrogen-bond donors (Lipinski definition) is 1. The Morgan fingerprint density at radius 1 is 1.08 bits per heavy atom. The van der Waals surface area contributed by atoms with Crippen molar-refractivity contribution in [2.45, 2.75) is 6.92 Å². The van der Waals surface area contributed by atoms with Gasteiger partial charge < -0.3 is 9.72 Å². The van der Waals surface area contributed by atoms with E-state index in [1.54, 1.807) is 11.3 Å². The van der Waals surface area contributed by atoms with Gasteiger partial charge in [-0.2, -0.15) is 0 Å². The largest absolute Gasteiger partial charge is 0.494 e. The van der Waals surface area contributed by atoms with Crippen molar-refractivity contribution in [2.24, 2.45) is 0 Å². The van der Waals surface area contributed by atoms with Gasteiger partial charge in [0.2, 0.25) is 0 Å². The summed E-state index contributed by atoms with van der Waals surface area (Å²) < 4.78 is 8.04. The molecule has 6 heteroatoms. The van der Waals surface area contributed by atoms with E-state index >= 15 is 0 Å². The van der Waals surface area contributed by atoms with Crippen LogP contribution in [0.4, 0.5) is 0 Å². The molecule has 0 spiro atoms. The first-order valence-electron chi connectivity index (χ1n) is 8.22. The van der Waals surface area contributed by atoms with Crippen LogP contribution in [-0.4, -0.2) is 16.6 Å². The molecular formula is C20H16N2O2S2. The number of nitrogens with zero attached hydrogens (tertiary/aromatic N) is 1. The molecule has 0 radical (unpaired) electrons. The van der Waals surface area contributed by atoms with E-state index < -0.39 is 0 Å². The molecule has 4 aromatic rings. The van der Waals surface area contributed by atoms with Gasteiger partial charge in [-0.25, -0.2) is 4.98 Å². The Hall–Kier alpha value is -2.70. The van der Waals surface area contributed by atoms with Crippen LogP contribution < -0.4 is 19.5 Å². The van der Waals surface area contributed by atoms with Gasteiger partial charge in [-0.1, -0.05) is 24.3 Å². The molecule has 1 N–H and O–H groups in total. The first-order chi connectivity index (χ1) is 12.7. The molecule has 130 valence electrons. The topological polar surface area (TPSA) is 55.0 Å². The van der Waals surface area contributed by atoms with E-state index in [4.69, 9.17) is 4.74 Å². The third kappa shape index (κ3) is 3.61. The number of ether oxygens (including phenoxy) is 1. The van der Waals surface area contributed by atoms with Crippen molar-refractivity contribution in [2.75, 3.05) is 6.61 Å². The molecule has 4 rings (SSSR count). The second kappa shape index (κ2) is 7.27. The average molecular weight is 380 g/mol. The van der Waals surface area contributed by atoms with Crippen LogP contribution in [0.2, 0.25) is 0 Å². The number of hydrogen-bond acceptors (Lipinski definition) is 5. The number of para-hydroxylation sites is 1. The first-order valence-corrected chi connectivity index (χ1v) is 9.85. The maximum Gasteiger partial charge on any atom is 0.266 e. The lowest BCUT2D eigenvalue weighted by atomic mass is 10.2. The van der Waals surface area contributed by atoms with Crippen molar-refractivity contribution in [1.82, 2.24) is 9.97 Å². The number of H-pyrrole nitrogens is 1. The number of fused-ring (bicyclic) bond motifs is 1. The van der Waals surface area contributed by atoms with Crippen molar-refractivity contribution in [3.8, 4) is 5.75 Å². The molecule has 2 aromatic carbocycles. The van der Waals surface area contributed by atoms with Gasteiger partial charge in [0.05, 0.1) is 26.0 Å². The maximum absolute atomic E-state index is 12.2. The van der Waals surface area contributed by atoms with Crippen molar-refractivity contribution in [1.29, 1.82) is 0 Å². The molecule has 26 heavy (non-hydrogen) atoms. The number of thiazole rings is 2. The molecule has 2 heterocycles. The van der Waals surface area contributed by atoms with E-state index in [0.717, 1.165) is 31.2 Å². The highest BCUT2D eigenvalue weighted by Gasteiger charge is 2.01. The first kappa shape index (κ1) is 16.8. The SMILES string of the molecule is CCOc1ccc(/C=c2\s/c(=C/c3nc4ccccc4s3)[nH]c2=O)cc1. The van der Waals surface area contributed by atoms with Crippen molar-refractivity contribution in [3.05, 3.63) is 78.7 Å². The second-order valence-corrected chi connectivity index (χ2v) is 7.74. The quantitative estimate of drug-likeness (QED) is 0.592. The minimum Gasteiger partial charge on any atom is -0.494 e. The van der Waals surface area contributed by atoms with Crippen molar-refractivity contribution < 1.29 is 4.74 Å². The summed E-state index contributed by atoms with van der Waals surface area (Å²) in [6.07, 6.45) is 3.81. The number of rotatable bonds is 4. The summed E-state index contributed by atoms with van der Waals surface area (Å²) in [6, 6.07) is 15.7. The molecule has 0 saturated heterocycles. The summed E-state index contributed by atoms with van der Waals surface area (Å²) in [4.78, 5) is 19.7. The Bertz CT molecular complexity index is 1180. The number of nitrogens with one attached hydrogen (secondary N) is 1. The highest BCUT2D eigenvalue weighted by atomic mass is 32.1. The van der Waals surface area contributed by atoms with E-state index in [0.29, 0.717) is 11.1 Å². The molecule has 2 aromatic heterocycles. The Morgan fingerprint density at radius 2 is 1.88 bits per heavy atom. The predicted octanol–water partition coefficient (Wildman–Crippen LogP) is 3.10. The maximum atomic E-state index is 12.2. The lowest BCUT2D eigenvalue weighted by Gasteiger charge is -2.01. The lowest BCUT2D eigenvalue weighted by molar-refractivity contribution is 0.340. The Kier molecular flexibility index (Phi) is 4.69. The van der Waals surface area contributed by atoms with Gasteiger partial charge in [-0.3, -0.25) is 4.79 Å². The smallest absolute Gasteiger partial charge is 0.266 e. The minimum atomic E-state index is -0.0868. The van der Waals surface area contributed by atoms with Crippen molar-refractivity contribution in [3.63, 3.8) is 0 Å². The van der Waals surface area contributed by atoms with Crippen molar-refractivity contribution >= 4 is 45.0 Å². The number of benzene rings is 2. The summed E-state index contributed by atoms with van der Waals surface area (Å²) in [5.41, 5.74) is 1.85. The van der Waals surface area contributed by atoms with Gasteiger partial charge in [0.25, 0.3) is 5.56 Å². The third-order valence-corrected chi connectivity index (χ3v) is 5.68. The fourth-order valence-corrected chi connectivity index (χ4v) is 4.44. The van der Waals surface area contributed by atoms with Gasteiger partial charge in [-0.15, -0.1) is 22.7 Å². The fraction of sp³-hybridized carbons (Fsp3) is 0.100. The molecule has 0 aliphatic carbocycles. The zero-order valence-electron chi connectivity index (χ0n) is 14.1.